The van der Waals surface area contributed by atoms with E-state index in [1.165, 1.54) is 34.8 Å². The summed E-state index contributed by atoms with van der Waals surface area (Å²) >= 11 is 2.80. The molecule has 25 heteroatoms. The number of amides is 3. The average Bonchev–Trinajstić information content (AvgIpc) is 1.48. The Morgan fingerprint density at radius 3 is 1.45 bits per heavy atom. The fraction of sp³-hybridized carbons (Fsp3) is 0.514. The van der Waals surface area contributed by atoms with Crippen molar-refractivity contribution >= 4 is 98.4 Å². The molecular formula is C74H86F2N6O13S4. The van der Waals surface area contributed by atoms with E-state index in [1.807, 2.05) is 72.8 Å². The van der Waals surface area contributed by atoms with Gasteiger partial charge in [-0.2, -0.15) is 0 Å². The molecule has 4 aromatic carbocycles. The Bertz CT molecular complexity index is 4280. The molecule has 0 unspecified atom stereocenters. The summed E-state index contributed by atoms with van der Waals surface area (Å²) in [5.74, 6) is -4.83. The number of carbonyl (C=O) groups excluding carboxylic acids is 5. The van der Waals surface area contributed by atoms with E-state index in [0.29, 0.717) is 60.0 Å². The lowest BCUT2D eigenvalue weighted by molar-refractivity contribution is -0.147. The standard InChI is InChI=1S/C37H42FN3O6S2.C33H35FN2O5S.C4H9NO2S/c1-36(17-18-36)49(45,46)40-34(44)37-21-26(37)13-6-4-2-3-5-12-25(19-24-11-7-8-14-28(24)38)33(43)41-23-27(20-30(41)31(42)22-37)47-35-39-29-15-9-10-16-32(29)48-35;34-25-13-7-6-10-21(25)16-22-11-4-2-1-3-5-12-23-18-33(23,31(39)40)19-28(37)27-17-24(20-36(27)30(22)38)41-32-35-26-14-8-9-15-29(26)42-32;1-4(2-3-4)8(5,6)7/h6-11,13-16,25-27,30H,2-5,12,17-23H2,1H3,(H,40,44);5-10,12-15,22-24,27H,1-4,11,16-20H2,(H,39,40);2-3H2,1H3,(H2,5,6,7)/b13-6-;12-5-;/t25-,26-,27-,30+,37-;22-,23-,24-,27+,33-;/m11./s1. The molecule has 4 aliphatic carbocycles. The highest BCUT2D eigenvalue weighted by Gasteiger charge is 2.64. The summed E-state index contributed by atoms with van der Waals surface area (Å²) in [6, 6.07) is 26.7. The highest BCUT2D eigenvalue weighted by molar-refractivity contribution is 7.91. The number of ether oxygens (including phenoxy) is 2. The van der Waals surface area contributed by atoms with Crippen LogP contribution in [0.4, 0.5) is 8.78 Å². The topological polar surface area (TPSA) is 280 Å². The molecule has 4 aliphatic heterocycles. The number of Topliss-reactive ketones (excluding diaryl/α,β-unsaturated/α-hetero) is 2. The van der Waals surface area contributed by atoms with Crippen molar-refractivity contribution in [1.82, 2.24) is 24.5 Å². The molecule has 3 amide bonds. The monoisotopic (exact) mass is 1430 g/mol. The quantitative estimate of drug-likeness (QED) is 0.0906. The molecule has 0 spiro atoms. The van der Waals surface area contributed by atoms with Crippen molar-refractivity contribution in [2.75, 3.05) is 13.1 Å². The van der Waals surface area contributed by atoms with Gasteiger partial charge in [-0.3, -0.25) is 33.5 Å². The second kappa shape index (κ2) is 29.3. The number of hydrogen-bond donors (Lipinski definition) is 3. The van der Waals surface area contributed by atoms with Crippen LogP contribution in [0.25, 0.3) is 20.4 Å². The Labute approximate surface area is 584 Å². The summed E-state index contributed by atoms with van der Waals surface area (Å²) in [6.07, 6.45) is 18.6. The molecule has 4 N–H and O–H groups in total. The first-order valence-electron chi connectivity index (χ1n) is 34.6. The minimum atomic E-state index is -3.91. The van der Waals surface area contributed by atoms with Gasteiger partial charge in [0.1, 0.15) is 23.8 Å². The lowest BCUT2D eigenvalue weighted by Crippen LogP contribution is -2.47. The van der Waals surface area contributed by atoms with Crippen molar-refractivity contribution in [3.8, 4) is 10.4 Å². The number of ketones is 2. The Morgan fingerprint density at radius 1 is 0.606 bits per heavy atom. The van der Waals surface area contributed by atoms with Gasteiger partial charge in [-0.25, -0.2) is 40.7 Å². The van der Waals surface area contributed by atoms with E-state index in [0.717, 1.165) is 84.6 Å². The number of aromatic nitrogens is 2. The molecule has 2 aromatic heterocycles. The maximum Gasteiger partial charge on any atom is 0.310 e. The van der Waals surface area contributed by atoms with E-state index in [4.69, 9.17) is 14.6 Å². The van der Waals surface area contributed by atoms with Gasteiger partial charge in [0.2, 0.25) is 37.8 Å². The predicted octanol–water partition coefficient (Wildman–Crippen LogP) is 12.2. The summed E-state index contributed by atoms with van der Waals surface area (Å²) in [5, 5.41) is 15.9. The van der Waals surface area contributed by atoms with E-state index in [9.17, 15) is 59.5 Å². The van der Waals surface area contributed by atoms with Crippen LogP contribution in [-0.2, 0) is 61.7 Å². The van der Waals surface area contributed by atoms with Crippen molar-refractivity contribution in [3.63, 3.8) is 0 Å². The maximum atomic E-state index is 14.9. The molecule has 6 heterocycles. The van der Waals surface area contributed by atoms with Crippen LogP contribution in [0.1, 0.15) is 153 Å². The third kappa shape index (κ3) is 16.2. The number of carboxylic acids is 1. The lowest BCUT2D eigenvalue weighted by Gasteiger charge is -2.29. The van der Waals surface area contributed by atoms with E-state index < -0.39 is 88.4 Å². The van der Waals surface area contributed by atoms with Crippen LogP contribution in [0.15, 0.2) is 121 Å². The minimum Gasteiger partial charge on any atom is -0.481 e. The molecular weight excluding hydrogens is 1350 g/mol. The molecule has 2 saturated heterocycles. The van der Waals surface area contributed by atoms with Crippen molar-refractivity contribution in [1.29, 1.82) is 0 Å². The zero-order valence-electron chi connectivity index (χ0n) is 55.7. The van der Waals surface area contributed by atoms with Crippen molar-refractivity contribution in [2.24, 2.45) is 39.6 Å². The second-order valence-electron chi connectivity index (χ2n) is 28.9. The maximum absolute atomic E-state index is 14.9. The molecule has 99 heavy (non-hydrogen) atoms. The van der Waals surface area contributed by atoms with E-state index in [-0.39, 0.29) is 98.5 Å². The molecule has 528 valence electrons. The number of benzene rings is 4. The number of fused-ring (bicyclic) bond motifs is 6. The van der Waals surface area contributed by atoms with Gasteiger partial charge in [0.15, 0.2) is 11.6 Å². The average molecular weight is 1430 g/mol. The van der Waals surface area contributed by atoms with Crippen LogP contribution in [0.5, 0.6) is 10.4 Å². The molecule has 10 atom stereocenters. The number of para-hydroxylation sites is 2. The molecule has 0 radical (unpaired) electrons. The third-order valence-electron chi connectivity index (χ3n) is 21.6. The fourth-order valence-corrected chi connectivity index (χ4v) is 18.2. The highest BCUT2D eigenvalue weighted by Crippen LogP contribution is 2.59. The number of nitrogens with one attached hydrogen (secondary N) is 1. The number of allylic oxidation sites excluding steroid dienone is 4. The van der Waals surface area contributed by atoms with Gasteiger partial charge in [-0.05, 0) is 163 Å². The van der Waals surface area contributed by atoms with Crippen LogP contribution in [-0.4, -0.2) is 124 Å². The normalized spacial score (nSPS) is 29.0. The van der Waals surface area contributed by atoms with Gasteiger partial charge in [0, 0.05) is 37.5 Å². The first-order chi connectivity index (χ1) is 47.3. The minimum absolute atomic E-state index is 0.127. The number of halogens is 2. The molecule has 14 rings (SSSR count). The van der Waals surface area contributed by atoms with E-state index >= 15 is 0 Å². The molecule has 4 saturated carbocycles. The zero-order chi connectivity index (χ0) is 70.1. The Balaban J connectivity index is 0.000000170. The summed E-state index contributed by atoms with van der Waals surface area (Å²) in [5.41, 5.74) is 0.210. The largest absolute Gasteiger partial charge is 0.481 e. The second-order valence-corrected chi connectivity index (χ2v) is 35.1. The van der Waals surface area contributed by atoms with Crippen LogP contribution >= 0.6 is 22.7 Å². The number of nitrogens with two attached hydrogens (primary N) is 1. The smallest absolute Gasteiger partial charge is 0.310 e. The number of carbonyl (C=O) groups is 6. The first kappa shape index (κ1) is 71.5. The number of aliphatic carboxylic acids is 1. The van der Waals surface area contributed by atoms with Crippen molar-refractivity contribution in [3.05, 3.63) is 144 Å². The Hall–Kier alpha value is -7.32. The molecule has 0 bridgehead atoms. The summed E-state index contributed by atoms with van der Waals surface area (Å²) in [7, 11) is -7.14. The molecule has 6 aromatic rings. The summed E-state index contributed by atoms with van der Waals surface area (Å²) < 4.78 is 92.0. The van der Waals surface area contributed by atoms with Gasteiger partial charge < -0.3 is 24.4 Å². The number of carboxylic acid groups (broad SMARTS) is 1. The molecule has 19 nitrogen and oxygen atoms in total. The van der Waals surface area contributed by atoms with E-state index in [1.54, 1.807) is 60.0 Å². The number of primary sulfonamides is 1. The Kier molecular flexibility index (Phi) is 21.2. The van der Waals surface area contributed by atoms with Gasteiger partial charge in [0.05, 0.1) is 65.9 Å². The van der Waals surface area contributed by atoms with Crippen LogP contribution < -0.4 is 19.3 Å². The first-order valence-corrected chi connectivity index (χ1v) is 39.3. The Morgan fingerprint density at radius 2 is 1.03 bits per heavy atom. The van der Waals surface area contributed by atoms with Gasteiger partial charge in [-0.1, -0.05) is 133 Å². The van der Waals surface area contributed by atoms with Crippen molar-refractivity contribution < 1.29 is 69.0 Å². The van der Waals surface area contributed by atoms with E-state index in [2.05, 4.69) is 14.7 Å². The van der Waals surface area contributed by atoms with Crippen LogP contribution in [0, 0.1) is 46.1 Å². The predicted molar refractivity (Wildman–Crippen MR) is 373 cm³/mol. The van der Waals surface area contributed by atoms with Crippen LogP contribution in [0.2, 0.25) is 0 Å². The molecule has 6 fully saturated rings. The fourth-order valence-electron chi connectivity index (χ4n) is 14.4. The number of thiazole rings is 2. The summed E-state index contributed by atoms with van der Waals surface area (Å²) in [4.78, 5) is 95.5. The SMILES string of the molecule is CC1(S(=O)(=O)NC(=O)[C@]23CC(=O)[C@@H]4C[C@@H](Oc5nc6ccccc6s5)CN4C(=O)[C@@H](Cc4ccccc4F)CCCCC/C=C\[C@@H]2C3)CC1.CC1(S(N)(=O)=O)CC1.O=C1C[C@]2(C(=O)O)C[C@H]2/C=C\CCCCC[C@H](Cc2ccccc2F)C(=O)N2C[C@H](Oc3nc4ccccc4s3)C[C@@H]12. The molecule has 8 aliphatic rings. The third-order valence-corrected chi connectivity index (χ3v) is 27.4. The van der Waals surface area contributed by atoms with Crippen LogP contribution in [0.3, 0.4) is 0 Å². The summed E-state index contributed by atoms with van der Waals surface area (Å²) in [6.45, 7) is 3.64. The number of nitrogens with zero attached hydrogens (tertiary/aromatic N) is 4. The number of rotatable bonds is 13. The zero-order valence-corrected chi connectivity index (χ0v) is 59.0. The van der Waals surface area contributed by atoms with Gasteiger partial charge >= 0.3 is 5.97 Å². The van der Waals surface area contributed by atoms with Crippen molar-refractivity contribution in [2.45, 2.75) is 189 Å². The number of sulfonamides is 2. The highest BCUT2D eigenvalue weighted by atomic mass is 32.2. The van der Waals surface area contributed by atoms with Gasteiger partial charge in [0.25, 0.3) is 10.4 Å². The van der Waals surface area contributed by atoms with Gasteiger partial charge in [-0.15, -0.1) is 0 Å². The number of hydrogen-bond acceptors (Lipinski definition) is 16. The lowest BCUT2D eigenvalue weighted by atomic mass is 9.90.